The molecule has 2 rings (SSSR count). The van der Waals surface area contributed by atoms with Crippen LogP contribution in [0.1, 0.15) is 30.0 Å². The van der Waals surface area contributed by atoms with E-state index in [4.69, 9.17) is 5.84 Å². The zero-order chi connectivity index (χ0) is 9.97. The van der Waals surface area contributed by atoms with Gasteiger partial charge in [-0.15, -0.1) is 0 Å². The first-order valence-electron chi connectivity index (χ1n) is 5.40. The standard InChI is InChI=1S/C12H18N2/c1-2-4-10-5-3-6-11-9-14(13)8-7-12(10)11/h3,5-6H,2,4,7-9,13H2,1H3. The summed E-state index contributed by atoms with van der Waals surface area (Å²) in [5.74, 6) is 5.81. The van der Waals surface area contributed by atoms with Gasteiger partial charge in [-0.2, -0.15) is 0 Å². The van der Waals surface area contributed by atoms with E-state index in [1.807, 2.05) is 5.01 Å². The average Bonchev–Trinajstić information content (AvgIpc) is 2.18. The molecule has 2 N–H and O–H groups in total. The number of fused-ring (bicyclic) bond motifs is 1. The van der Waals surface area contributed by atoms with Gasteiger partial charge in [0, 0.05) is 13.1 Å². The molecular weight excluding hydrogens is 172 g/mol. The minimum absolute atomic E-state index is 0.910. The molecule has 0 fully saturated rings. The summed E-state index contributed by atoms with van der Waals surface area (Å²) in [5.41, 5.74) is 4.50. The molecule has 0 aliphatic carbocycles. The molecule has 0 saturated heterocycles. The summed E-state index contributed by atoms with van der Waals surface area (Å²) in [6.07, 6.45) is 3.54. The molecule has 1 aliphatic heterocycles. The molecule has 1 aliphatic rings. The van der Waals surface area contributed by atoms with Gasteiger partial charge in [0.2, 0.25) is 0 Å². The van der Waals surface area contributed by atoms with Gasteiger partial charge < -0.3 is 0 Å². The predicted molar refractivity (Wildman–Crippen MR) is 58.7 cm³/mol. The van der Waals surface area contributed by atoms with Crippen molar-refractivity contribution in [1.29, 1.82) is 0 Å². The van der Waals surface area contributed by atoms with Crippen LogP contribution in [-0.2, 0) is 19.4 Å². The fourth-order valence-corrected chi connectivity index (χ4v) is 2.21. The number of hydrazine groups is 1. The summed E-state index contributed by atoms with van der Waals surface area (Å²) in [6, 6.07) is 6.62. The maximum absolute atomic E-state index is 5.81. The van der Waals surface area contributed by atoms with Crippen LogP contribution < -0.4 is 5.84 Å². The van der Waals surface area contributed by atoms with Gasteiger partial charge in [0.15, 0.2) is 0 Å². The minimum atomic E-state index is 0.910. The fraction of sp³-hybridized carbons (Fsp3) is 0.500. The van der Waals surface area contributed by atoms with E-state index in [-0.39, 0.29) is 0 Å². The number of rotatable bonds is 2. The zero-order valence-electron chi connectivity index (χ0n) is 8.79. The van der Waals surface area contributed by atoms with E-state index in [0.717, 1.165) is 19.5 Å². The van der Waals surface area contributed by atoms with Crippen molar-refractivity contribution in [2.75, 3.05) is 6.54 Å². The Morgan fingerprint density at radius 2 is 2.29 bits per heavy atom. The quantitative estimate of drug-likeness (QED) is 0.721. The first-order chi connectivity index (χ1) is 6.81. The van der Waals surface area contributed by atoms with Crippen LogP contribution in [0.3, 0.4) is 0 Å². The summed E-state index contributed by atoms with van der Waals surface area (Å²) in [6.45, 7) is 4.14. The van der Waals surface area contributed by atoms with Crippen molar-refractivity contribution in [3.63, 3.8) is 0 Å². The number of hydrogen-bond donors (Lipinski definition) is 1. The molecule has 0 atom stereocenters. The van der Waals surface area contributed by atoms with E-state index in [1.54, 1.807) is 5.56 Å². The fourth-order valence-electron chi connectivity index (χ4n) is 2.21. The second-order valence-electron chi connectivity index (χ2n) is 4.03. The Morgan fingerprint density at radius 1 is 1.43 bits per heavy atom. The molecule has 0 radical (unpaired) electrons. The first kappa shape index (κ1) is 9.69. The first-order valence-corrected chi connectivity index (χ1v) is 5.40. The Hall–Kier alpha value is -0.860. The SMILES string of the molecule is CCCc1cccc2c1CCN(N)C2. The lowest BCUT2D eigenvalue weighted by molar-refractivity contribution is 0.262. The highest BCUT2D eigenvalue weighted by Crippen LogP contribution is 2.21. The van der Waals surface area contributed by atoms with Crippen molar-refractivity contribution in [3.05, 3.63) is 34.9 Å². The van der Waals surface area contributed by atoms with E-state index in [2.05, 4.69) is 25.1 Å². The lowest BCUT2D eigenvalue weighted by Gasteiger charge is -2.26. The van der Waals surface area contributed by atoms with Gasteiger partial charge >= 0.3 is 0 Å². The third-order valence-electron chi connectivity index (χ3n) is 2.91. The zero-order valence-corrected chi connectivity index (χ0v) is 8.79. The molecule has 76 valence electrons. The van der Waals surface area contributed by atoms with E-state index in [1.165, 1.54) is 24.0 Å². The normalized spacial score (nSPS) is 16.7. The van der Waals surface area contributed by atoms with E-state index >= 15 is 0 Å². The van der Waals surface area contributed by atoms with Crippen molar-refractivity contribution in [2.24, 2.45) is 5.84 Å². The van der Waals surface area contributed by atoms with Crippen molar-refractivity contribution >= 4 is 0 Å². The van der Waals surface area contributed by atoms with Gasteiger partial charge in [0.1, 0.15) is 0 Å². The maximum atomic E-state index is 5.81. The van der Waals surface area contributed by atoms with Crippen LogP contribution in [0.4, 0.5) is 0 Å². The third kappa shape index (κ3) is 1.81. The molecule has 0 bridgehead atoms. The summed E-state index contributed by atoms with van der Waals surface area (Å²) in [7, 11) is 0. The van der Waals surface area contributed by atoms with Crippen molar-refractivity contribution in [1.82, 2.24) is 5.01 Å². The van der Waals surface area contributed by atoms with Crippen LogP contribution in [0.25, 0.3) is 0 Å². The van der Waals surface area contributed by atoms with Gasteiger partial charge in [-0.05, 0) is 29.5 Å². The molecule has 0 saturated carbocycles. The number of nitrogens with zero attached hydrogens (tertiary/aromatic N) is 1. The Labute approximate surface area is 85.7 Å². The molecule has 1 aromatic rings. The number of benzene rings is 1. The molecule has 1 aromatic carbocycles. The minimum Gasteiger partial charge on any atom is -0.268 e. The highest BCUT2D eigenvalue weighted by molar-refractivity contribution is 5.37. The Balaban J connectivity index is 2.31. The van der Waals surface area contributed by atoms with Crippen LogP contribution in [0.15, 0.2) is 18.2 Å². The van der Waals surface area contributed by atoms with Crippen LogP contribution in [0.2, 0.25) is 0 Å². The number of nitrogens with two attached hydrogens (primary N) is 1. The smallest absolute Gasteiger partial charge is 0.0382 e. The second-order valence-corrected chi connectivity index (χ2v) is 4.03. The maximum Gasteiger partial charge on any atom is 0.0382 e. The van der Waals surface area contributed by atoms with E-state index in [9.17, 15) is 0 Å². The molecule has 0 spiro atoms. The van der Waals surface area contributed by atoms with Gasteiger partial charge in [-0.3, -0.25) is 5.84 Å². The van der Waals surface area contributed by atoms with Crippen molar-refractivity contribution < 1.29 is 0 Å². The van der Waals surface area contributed by atoms with E-state index in [0.29, 0.717) is 0 Å². The molecule has 14 heavy (non-hydrogen) atoms. The summed E-state index contributed by atoms with van der Waals surface area (Å²) < 4.78 is 0. The monoisotopic (exact) mass is 190 g/mol. The predicted octanol–water partition coefficient (Wildman–Crippen LogP) is 1.87. The van der Waals surface area contributed by atoms with Gasteiger partial charge in [0.05, 0.1) is 0 Å². The van der Waals surface area contributed by atoms with Crippen LogP contribution in [0.5, 0.6) is 0 Å². The number of hydrogen-bond acceptors (Lipinski definition) is 2. The molecule has 0 unspecified atom stereocenters. The summed E-state index contributed by atoms with van der Waals surface area (Å²) in [5, 5.41) is 1.90. The van der Waals surface area contributed by atoms with Gasteiger partial charge in [-0.25, -0.2) is 5.01 Å². The second kappa shape index (κ2) is 4.11. The topological polar surface area (TPSA) is 29.3 Å². The van der Waals surface area contributed by atoms with Crippen molar-refractivity contribution in [3.8, 4) is 0 Å². The highest BCUT2D eigenvalue weighted by Gasteiger charge is 2.15. The largest absolute Gasteiger partial charge is 0.268 e. The van der Waals surface area contributed by atoms with Gasteiger partial charge in [-0.1, -0.05) is 31.5 Å². The molecule has 1 heterocycles. The lowest BCUT2D eigenvalue weighted by atomic mass is 9.93. The lowest BCUT2D eigenvalue weighted by Crippen LogP contribution is -2.36. The van der Waals surface area contributed by atoms with Gasteiger partial charge in [0.25, 0.3) is 0 Å². The highest BCUT2D eigenvalue weighted by atomic mass is 15.4. The molecule has 2 heteroatoms. The molecule has 2 nitrogen and oxygen atoms in total. The third-order valence-corrected chi connectivity index (χ3v) is 2.91. The van der Waals surface area contributed by atoms with E-state index < -0.39 is 0 Å². The Morgan fingerprint density at radius 3 is 3.07 bits per heavy atom. The molecule has 0 aromatic heterocycles. The molecule has 0 amide bonds. The summed E-state index contributed by atoms with van der Waals surface area (Å²) in [4.78, 5) is 0. The van der Waals surface area contributed by atoms with Crippen molar-refractivity contribution in [2.45, 2.75) is 32.7 Å². The molecular formula is C12H18N2. The van der Waals surface area contributed by atoms with Crippen LogP contribution in [-0.4, -0.2) is 11.6 Å². The Kier molecular flexibility index (Phi) is 2.85. The Bertz CT molecular complexity index is 306. The van der Waals surface area contributed by atoms with Crippen LogP contribution >= 0.6 is 0 Å². The average molecular weight is 190 g/mol. The number of aryl methyl sites for hydroxylation is 1. The van der Waals surface area contributed by atoms with Crippen LogP contribution in [0, 0.1) is 0 Å². The summed E-state index contributed by atoms with van der Waals surface area (Å²) >= 11 is 0.